The number of ether oxygens (including phenoxy) is 2. The summed E-state index contributed by atoms with van der Waals surface area (Å²) in [4.78, 5) is 4.53. The third kappa shape index (κ3) is 3.41. The Balaban J connectivity index is 1.73. The Morgan fingerprint density at radius 3 is 2.75 bits per heavy atom. The summed E-state index contributed by atoms with van der Waals surface area (Å²) in [6.45, 7) is 0.617. The fourth-order valence-electron chi connectivity index (χ4n) is 3.05. The zero-order valence-corrected chi connectivity index (χ0v) is 16.3. The minimum Gasteiger partial charge on any atom is -0.454 e. The van der Waals surface area contributed by atoms with Crippen molar-refractivity contribution < 1.29 is 17.9 Å². The average Bonchev–Trinajstić information content (AvgIpc) is 3.34. The van der Waals surface area contributed by atoms with E-state index in [0.717, 1.165) is 5.56 Å². The van der Waals surface area contributed by atoms with Gasteiger partial charge in [0.1, 0.15) is 4.90 Å². The monoisotopic (exact) mass is 400 g/mol. The number of hydrogen-bond acceptors (Lipinski definition) is 6. The van der Waals surface area contributed by atoms with Gasteiger partial charge in [-0.15, -0.1) is 0 Å². The van der Waals surface area contributed by atoms with E-state index in [2.05, 4.69) is 15.0 Å². The molecule has 2 aromatic carbocycles. The molecule has 0 spiro atoms. The molecule has 0 bridgehead atoms. The van der Waals surface area contributed by atoms with Gasteiger partial charge in [0, 0.05) is 25.4 Å². The van der Waals surface area contributed by atoms with E-state index in [4.69, 9.17) is 9.47 Å². The molecule has 0 saturated heterocycles. The highest BCUT2D eigenvalue weighted by atomic mass is 32.2. The number of anilines is 1. The van der Waals surface area contributed by atoms with E-state index in [1.807, 2.05) is 42.1 Å². The normalized spacial score (nSPS) is 12.9. The van der Waals surface area contributed by atoms with Crippen molar-refractivity contribution in [3.63, 3.8) is 0 Å². The number of hydrogen-bond donors (Lipinski definition) is 2. The van der Waals surface area contributed by atoms with Crippen LogP contribution >= 0.6 is 0 Å². The molecule has 2 heterocycles. The summed E-state index contributed by atoms with van der Waals surface area (Å²) < 4.78 is 40.1. The predicted molar refractivity (Wildman–Crippen MR) is 105 cm³/mol. The van der Waals surface area contributed by atoms with Crippen LogP contribution in [0.15, 0.2) is 53.8 Å². The van der Waals surface area contributed by atoms with E-state index in [0.29, 0.717) is 35.0 Å². The summed E-state index contributed by atoms with van der Waals surface area (Å²) in [6, 6.07) is 10.8. The highest BCUT2D eigenvalue weighted by molar-refractivity contribution is 7.89. The summed E-state index contributed by atoms with van der Waals surface area (Å²) in [5.41, 5.74) is 2.82. The average molecular weight is 400 g/mol. The maximum absolute atomic E-state index is 12.6. The van der Waals surface area contributed by atoms with Crippen molar-refractivity contribution in [3.8, 4) is 22.8 Å². The molecular formula is C19H20N4O4S. The molecule has 146 valence electrons. The highest BCUT2D eigenvalue weighted by Crippen LogP contribution is 2.35. The standard InChI is InChI=1S/C19H20N4O4S/c1-20-28(24,25)18-5-3-4-14(15-10-23(2)11-22-15)19(18)21-9-13-6-7-16-17(8-13)27-12-26-16/h3-8,10-11,20-21H,9,12H2,1-2H3. The van der Waals surface area contributed by atoms with E-state index in [1.54, 1.807) is 18.5 Å². The van der Waals surface area contributed by atoms with Crippen LogP contribution in [0.1, 0.15) is 5.56 Å². The van der Waals surface area contributed by atoms with Gasteiger partial charge in [0.05, 0.1) is 17.7 Å². The maximum atomic E-state index is 12.6. The molecule has 0 amide bonds. The molecule has 4 rings (SSSR count). The molecule has 2 N–H and O–H groups in total. The number of nitrogens with zero attached hydrogens (tertiary/aromatic N) is 2. The summed E-state index contributed by atoms with van der Waals surface area (Å²) >= 11 is 0. The van der Waals surface area contributed by atoms with Crippen LogP contribution in [-0.4, -0.2) is 31.8 Å². The number of aromatic nitrogens is 2. The maximum Gasteiger partial charge on any atom is 0.242 e. The van der Waals surface area contributed by atoms with E-state index in [9.17, 15) is 8.42 Å². The number of aryl methyl sites for hydroxylation is 1. The van der Waals surface area contributed by atoms with Crippen LogP contribution in [0.4, 0.5) is 5.69 Å². The van der Waals surface area contributed by atoms with Crippen molar-refractivity contribution in [1.29, 1.82) is 0 Å². The Hall–Kier alpha value is -3.04. The van der Waals surface area contributed by atoms with Crippen molar-refractivity contribution in [2.75, 3.05) is 19.2 Å². The fourth-order valence-corrected chi connectivity index (χ4v) is 3.98. The molecule has 1 aromatic heterocycles. The molecule has 28 heavy (non-hydrogen) atoms. The van der Waals surface area contributed by atoms with Gasteiger partial charge in [-0.3, -0.25) is 0 Å². The lowest BCUT2D eigenvalue weighted by molar-refractivity contribution is 0.174. The van der Waals surface area contributed by atoms with Gasteiger partial charge in [-0.25, -0.2) is 18.1 Å². The first-order valence-corrected chi connectivity index (χ1v) is 10.1. The quantitative estimate of drug-likeness (QED) is 0.660. The van der Waals surface area contributed by atoms with Crippen LogP contribution < -0.4 is 19.5 Å². The molecule has 0 atom stereocenters. The van der Waals surface area contributed by atoms with Gasteiger partial charge in [-0.1, -0.05) is 18.2 Å². The number of nitrogens with one attached hydrogen (secondary N) is 2. The van der Waals surface area contributed by atoms with Crippen molar-refractivity contribution in [3.05, 3.63) is 54.5 Å². The molecular weight excluding hydrogens is 380 g/mol. The molecule has 0 saturated carbocycles. The topological polar surface area (TPSA) is 94.5 Å². The predicted octanol–water partition coefficient (Wildman–Crippen LogP) is 2.34. The van der Waals surface area contributed by atoms with Crippen molar-refractivity contribution in [2.24, 2.45) is 7.05 Å². The zero-order valence-electron chi connectivity index (χ0n) is 15.5. The first-order chi connectivity index (χ1) is 13.5. The third-order valence-corrected chi connectivity index (χ3v) is 5.93. The van der Waals surface area contributed by atoms with Crippen LogP contribution in [-0.2, 0) is 23.6 Å². The van der Waals surface area contributed by atoms with Gasteiger partial charge in [0.2, 0.25) is 16.8 Å². The molecule has 0 fully saturated rings. The van der Waals surface area contributed by atoms with E-state index >= 15 is 0 Å². The van der Waals surface area contributed by atoms with Gasteiger partial charge in [-0.2, -0.15) is 0 Å². The lowest BCUT2D eigenvalue weighted by Gasteiger charge is -2.16. The minimum atomic E-state index is -3.66. The lowest BCUT2D eigenvalue weighted by Crippen LogP contribution is -2.20. The lowest BCUT2D eigenvalue weighted by atomic mass is 10.1. The van der Waals surface area contributed by atoms with Crippen LogP contribution in [0.3, 0.4) is 0 Å². The largest absolute Gasteiger partial charge is 0.454 e. The van der Waals surface area contributed by atoms with E-state index in [-0.39, 0.29) is 11.7 Å². The minimum absolute atomic E-state index is 0.166. The first kappa shape index (κ1) is 18.3. The Morgan fingerprint density at radius 2 is 2.00 bits per heavy atom. The van der Waals surface area contributed by atoms with Gasteiger partial charge < -0.3 is 19.4 Å². The molecule has 9 heteroatoms. The molecule has 0 unspecified atom stereocenters. The van der Waals surface area contributed by atoms with Crippen LogP contribution in [0, 0.1) is 0 Å². The van der Waals surface area contributed by atoms with Crippen LogP contribution in [0.25, 0.3) is 11.3 Å². The summed E-state index contributed by atoms with van der Waals surface area (Å²) in [6.07, 6.45) is 3.52. The van der Waals surface area contributed by atoms with Gasteiger partial charge in [0.15, 0.2) is 11.5 Å². The van der Waals surface area contributed by atoms with Crippen molar-refractivity contribution in [1.82, 2.24) is 14.3 Å². The number of para-hydroxylation sites is 1. The number of sulfonamides is 1. The smallest absolute Gasteiger partial charge is 0.242 e. The molecule has 8 nitrogen and oxygen atoms in total. The number of imidazole rings is 1. The molecule has 1 aliphatic rings. The summed E-state index contributed by atoms with van der Waals surface area (Å²) in [5.74, 6) is 1.39. The molecule has 0 radical (unpaired) electrons. The van der Waals surface area contributed by atoms with Crippen LogP contribution in [0.5, 0.6) is 11.5 Å². The molecule has 1 aliphatic heterocycles. The van der Waals surface area contributed by atoms with Crippen molar-refractivity contribution >= 4 is 15.7 Å². The Morgan fingerprint density at radius 1 is 1.18 bits per heavy atom. The van der Waals surface area contributed by atoms with Gasteiger partial charge >= 0.3 is 0 Å². The second-order valence-corrected chi connectivity index (χ2v) is 8.21. The first-order valence-electron chi connectivity index (χ1n) is 8.65. The summed E-state index contributed by atoms with van der Waals surface area (Å²) in [7, 11) is -0.400. The Bertz CT molecular complexity index is 1120. The van der Waals surface area contributed by atoms with Crippen LogP contribution in [0.2, 0.25) is 0 Å². The molecule has 0 aliphatic carbocycles. The SMILES string of the molecule is CNS(=O)(=O)c1cccc(-c2cn(C)cn2)c1NCc1ccc2c(c1)OCO2. The van der Waals surface area contributed by atoms with Crippen molar-refractivity contribution in [2.45, 2.75) is 11.4 Å². The molecule has 3 aromatic rings. The van der Waals surface area contributed by atoms with E-state index < -0.39 is 10.0 Å². The van der Waals surface area contributed by atoms with Gasteiger partial charge in [0.25, 0.3) is 0 Å². The Kier molecular flexibility index (Phi) is 4.70. The number of fused-ring (bicyclic) bond motifs is 1. The summed E-state index contributed by atoms with van der Waals surface area (Å²) in [5, 5.41) is 3.27. The second kappa shape index (κ2) is 7.17. The van der Waals surface area contributed by atoms with E-state index in [1.165, 1.54) is 7.05 Å². The highest BCUT2D eigenvalue weighted by Gasteiger charge is 2.21. The number of benzene rings is 2. The second-order valence-electron chi connectivity index (χ2n) is 6.35. The van der Waals surface area contributed by atoms with Gasteiger partial charge in [-0.05, 0) is 30.8 Å². The fraction of sp³-hybridized carbons (Fsp3) is 0.211. The zero-order chi connectivity index (χ0) is 19.7. The Labute approximate surface area is 163 Å². The number of rotatable bonds is 6. The third-order valence-electron chi connectivity index (χ3n) is 4.47.